The summed E-state index contributed by atoms with van der Waals surface area (Å²) in [5.74, 6) is 1.45. The standard InChI is InChI=1S/C31H32ClN3O4/c1-3-4-5-17-39-24-8-6-7-21(18-24)30-27-28(25-19-22(32)11-14-26(25)36)33-34-29(27)31(37)35(30)16-15-20-9-12-23(38-2)13-10-20/h6-14,18-19,30,36H,3-5,15-17H2,1-2H3,(H,33,34). The molecule has 1 unspecified atom stereocenters. The van der Waals surface area contributed by atoms with Gasteiger partial charge in [0.2, 0.25) is 0 Å². The Labute approximate surface area is 233 Å². The Balaban J connectivity index is 1.52. The predicted octanol–water partition coefficient (Wildman–Crippen LogP) is 6.80. The van der Waals surface area contributed by atoms with Crippen LogP contribution in [-0.4, -0.2) is 46.4 Å². The van der Waals surface area contributed by atoms with Gasteiger partial charge in [-0.2, -0.15) is 5.10 Å². The first kappa shape index (κ1) is 26.6. The van der Waals surface area contributed by atoms with Gasteiger partial charge in [0.25, 0.3) is 5.91 Å². The maximum atomic E-state index is 13.7. The molecule has 0 fully saturated rings. The zero-order valence-electron chi connectivity index (χ0n) is 22.1. The number of hydrogen-bond donors (Lipinski definition) is 2. The molecular formula is C31H32ClN3O4. The van der Waals surface area contributed by atoms with E-state index in [1.165, 1.54) is 6.07 Å². The van der Waals surface area contributed by atoms with Gasteiger partial charge in [-0.15, -0.1) is 0 Å². The number of fused-ring (bicyclic) bond motifs is 1. The molecule has 7 nitrogen and oxygen atoms in total. The lowest BCUT2D eigenvalue weighted by atomic mass is 9.95. The fourth-order valence-electron chi connectivity index (χ4n) is 5.04. The van der Waals surface area contributed by atoms with Gasteiger partial charge >= 0.3 is 0 Å². The van der Waals surface area contributed by atoms with Crippen molar-refractivity contribution < 1.29 is 19.4 Å². The van der Waals surface area contributed by atoms with Crippen molar-refractivity contribution in [1.29, 1.82) is 0 Å². The number of unbranched alkanes of at least 4 members (excludes halogenated alkanes) is 2. The summed E-state index contributed by atoms with van der Waals surface area (Å²) in [6.45, 7) is 3.29. The highest BCUT2D eigenvalue weighted by atomic mass is 35.5. The Morgan fingerprint density at radius 1 is 1.05 bits per heavy atom. The lowest BCUT2D eigenvalue weighted by Gasteiger charge is -2.27. The fraction of sp³-hybridized carbons (Fsp3) is 0.290. The Morgan fingerprint density at radius 3 is 2.64 bits per heavy atom. The minimum Gasteiger partial charge on any atom is -0.507 e. The van der Waals surface area contributed by atoms with Crippen molar-refractivity contribution in [2.24, 2.45) is 0 Å². The number of amides is 1. The Morgan fingerprint density at radius 2 is 1.87 bits per heavy atom. The normalized spacial score (nSPS) is 14.5. The summed E-state index contributed by atoms with van der Waals surface area (Å²) in [4.78, 5) is 15.6. The first-order valence-corrected chi connectivity index (χ1v) is 13.6. The maximum absolute atomic E-state index is 13.7. The summed E-state index contributed by atoms with van der Waals surface area (Å²) in [6, 6.07) is 20.2. The number of phenols is 1. The van der Waals surface area contributed by atoms with Gasteiger partial charge in [-0.25, -0.2) is 0 Å². The smallest absolute Gasteiger partial charge is 0.273 e. The summed E-state index contributed by atoms with van der Waals surface area (Å²) >= 11 is 6.27. The number of carbonyl (C=O) groups excluding carboxylic acids is 1. The molecule has 2 heterocycles. The van der Waals surface area contributed by atoms with Gasteiger partial charge in [-0.3, -0.25) is 9.89 Å². The van der Waals surface area contributed by atoms with Gasteiger partial charge in [0.1, 0.15) is 28.6 Å². The van der Waals surface area contributed by atoms with Gasteiger partial charge in [0.05, 0.1) is 19.8 Å². The molecule has 2 N–H and O–H groups in total. The molecule has 0 saturated heterocycles. The predicted molar refractivity (Wildman–Crippen MR) is 152 cm³/mol. The number of halogens is 1. The number of phenolic OH excluding ortho intramolecular Hbond substituents is 1. The molecule has 1 amide bonds. The van der Waals surface area contributed by atoms with Crippen molar-refractivity contribution in [3.8, 4) is 28.5 Å². The Hall–Kier alpha value is -3.97. The highest BCUT2D eigenvalue weighted by Gasteiger charge is 2.42. The van der Waals surface area contributed by atoms with Crippen LogP contribution in [0.15, 0.2) is 66.7 Å². The van der Waals surface area contributed by atoms with Crippen LogP contribution < -0.4 is 9.47 Å². The van der Waals surface area contributed by atoms with Crippen molar-refractivity contribution in [1.82, 2.24) is 15.1 Å². The highest BCUT2D eigenvalue weighted by Crippen LogP contribution is 2.45. The Bertz CT molecular complexity index is 1450. The van der Waals surface area contributed by atoms with E-state index >= 15 is 0 Å². The third kappa shape index (κ3) is 5.59. The van der Waals surface area contributed by atoms with Crippen LogP contribution in [0.5, 0.6) is 17.2 Å². The van der Waals surface area contributed by atoms with Crippen molar-refractivity contribution in [2.75, 3.05) is 20.3 Å². The first-order valence-electron chi connectivity index (χ1n) is 13.2. The number of benzene rings is 3. The average molecular weight is 546 g/mol. The number of aromatic hydroxyl groups is 1. The summed E-state index contributed by atoms with van der Waals surface area (Å²) in [7, 11) is 1.64. The molecule has 1 atom stereocenters. The van der Waals surface area contributed by atoms with Crippen molar-refractivity contribution in [3.05, 3.63) is 94.1 Å². The third-order valence-electron chi connectivity index (χ3n) is 7.07. The second kappa shape index (κ2) is 11.8. The van der Waals surface area contributed by atoms with Gasteiger partial charge in [-0.05, 0) is 66.4 Å². The minimum absolute atomic E-state index is 0.0459. The number of ether oxygens (including phenoxy) is 2. The number of methoxy groups -OCH3 is 1. The van der Waals surface area contributed by atoms with Gasteiger partial charge < -0.3 is 19.5 Å². The lowest BCUT2D eigenvalue weighted by Crippen LogP contribution is -2.31. The van der Waals surface area contributed by atoms with Crippen molar-refractivity contribution in [3.63, 3.8) is 0 Å². The largest absolute Gasteiger partial charge is 0.507 e. The summed E-state index contributed by atoms with van der Waals surface area (Å²) in [5, 5.41) is 18.5. The number of aromatic nitrogens is 2. The molecule has 0 bridgehead atoms. The third-order valence-corrected chi connectivity index (χ3v) is 7.30. The number of carbonyl (C=O) groups is 1. The van der Waals surface area contributed by atoms with E-state index in [9.17, 15) is 9.90 Å². The van der Waals surface area contributed by atoms with E-state index in [4.69, 9.17) is 21.1 Å². The number of aromatic amines is 1. The highest BCUT2D eigenvalue weighted by molar-refractivity contribution is 6.31. The molecule has 202 valence electrons. The van der Waals surface area contributed by atoms with Crippen LogP contribution in [0.4, 0.5) is 0 Å². The molecule has 3 aromatic carbocycles. The van der Waals surface area contributed by atoms with Gasteiger partial charge in [-0.1, -0.05) is 55.6 Å². The summed E-state index contributed by atoms with van der Waals surface area (Å²) < 4.78 is 11.3. The topological polar surface area (TPSA) is 87.7 Å². The quantitative estimate of drug-likeness (QED) is 0.202. The maximum Gasteiger partial charge on any atom is 0.273 e. The molecule has 0 aliphatic carbocycles. The van der Waals surface area contributed by atoms with Crippen LogP contribution in [0.3, 0.4) is 0 Å². The zero-order chi connectivity index (χ0) is 27.4. The van der Waals surface area contributed by atoms with E-state index in [1.54, 1.807) is 19.2 Å². The van der Waals surface area contributed by atoms with Crippen LogP contribution in [0.25, 0.3) is 11.3 Å². The Kier molecular flexibility index (Phi) is 8.07. The number of nitrogens with zero attached hydrogens (tertiary/aromatic N) is 2. The van der Waals surface area contributed by atoms with E-state index in [2.05, 4.69) is 17.1 Å². The molecule has 8 heteroatoms. The van der Waals surface area contributed by atoms with E-state index in [1.807, 2.05) is 53.4 Å². The lowest BCUT2D eigenvalue weighted by molar-refractivity contribution is 0.0745. The molecule has 0 saturated carbocycles. The minimum atomic E-state index is -0.419. The van der Waals surface area contributed by atoms with Crippen LogP contribution in [0.1, 0.15) is 59.4 Å². The molecule has 39 heavy (non-hydrogen) atoms. The molecule has 5 rings (SSSR count). The van der Waals surface area contributed by atoms with Crippen LogP contribution >= 0.6 is 11.6 Å². The molecule has 0 spiro atoms. The second-order valence-corrected chi connectivity index (χ2v) is 10.1. The second-order valence-electron chi connectivity index (χ2n) is 9.65. The van der Waals surface area contributed by atoms with E-state index in [0.29, 0.717) is 41.5 Å². The zero-order valence-corrected chi connectivity index (χ0v) is 22.9. The van der Waals surface area contributed by atoms with Crippen LogP contribution in [-0.2, 0) is 6.42 Å². The number of hydrogen-bond acceptors (Lipinski definition) is 5. The van der Waals surface area contributed by atoms with Crippen molar-refractivity contribution in [2.45, 2.75) is 38.6 Å². The van der Waals surface area contributed by atoms with Crippen LogP contribution in [0, 0.1) is 0 Å². The number of nitrogens with one attached hydrogen (secondary N) is 1. The van der Waals surface area contributed by atoms with E-state index in [0.717, 1.165) is 47.5 Å². The molecular weight excluding hydrogens is 514 g/mol. The van der Waals surface area contributed by atoms with Crippen LogP contribution in [0.2, 0.25) is 5.02 Å². The number of H-pyrrole nitrogens is 1. The molecule has 4 aromatic rings. The molecule has 1 aromatic heterocycles. The molecule has 1 aliphatic heterocycles. The summed E-state index contributed by atoms with van der Waals surface area (Å²) in [6.07, 6.45) is 3.88. The summed E-state index contributed by atoms with van der Waals surface area (Å²) in [5.41, 5.74) is 4.12. The SMILES string of the molecule is CCCCCOc1cccc(C2c3c(-c4cc(Cl)ccc4O)n[nH]c3C(=O)N2CCc2ccc(OC)cc2)c1. The first-order chi connectivity index (χ1) is 19.0. The molecule has 0 radical (unpaired) electrons. The monoisotopic (exact) mass is 545 g/mol. The number of rotatable bonds is 11. The molecule has 1 aliphatic rings. The average Bonchev–Trinajstić information content (AvgIpc) is 3.50. The van der Waals surface area contributed by atoms with E-state index in [-0.39, 0.29) is 11.7 Å². The van der Waals surface area contributed by atoms with Crippen molar-refractivity contribution >= 4 is 17.5 Å². The van der Waals surface area contributed by atoms with Gasteiger partial charge in [0.15, 0.2) is 0 Å². The fourth-order valence-corrected chi connectivity index (χ4v) is 5.21. The van der Waals surface area contributed by atoms with E-state index < -0.39 is 6.04 Å². The van der Waals surface area contributed by atoms with Gasteiger partial charge in [0, 0.05) is 22.7 Å².